The Morgan fingerprint density at radius 3 is 2.79 bits per heavy atom. The van der Waals surface area contributed by atoms with Crippen LogP contribution in [0.25, 0.3) is 0 Å². The minimum absolute atomic E-state index is 0. The molecule has 0 saturated carbocycles. The molecule has 0 radical (unpaired) electrons. The third-order valence-electron chi connectivity index (χ3n) is 4.92. The SMILES string of the molecule is Cc1c(C(=O)N2CCc3ccccc32)nnn1C1CCNCC1.Cl. The molecule has 24 heavy (non-hydrogen) atoms. The predicted molar refractivity (Wildman–Crippen MR) is 95.0 cm³/mol. The molecule has 2 aliphatic heterocycles. The van der Waals surface area contributed by atoms with Gasteiger partial charge in [-0.3, -0.25) is 4.79 Å². The Morgan fingerprint density at radius 2 is 2.00 bits per heavy atom. The number of rotatable bonds is 2. The Bertz CT molecular complexity index is 738. The van der Waals surface area contributed by atoms with E-state index in [0.717, 1.165) is 50.3 Å². The van der Waals surface area contributed by atoms with Gasteiger partial charge in [0.15, 0.2) is 5.69 Å². The van der Waals surface area contributed by atoms with Crippen molar-refractivity contribution in [2.45, 2.75) is 32.2 Å². The van der Waals surface area contributed by atoms with E-state index in [0.29, 0.717) is 11.7 Å². The Morgan fingerprint density at radius 1 is 1.25 bits per heavy atom. The highest BCUT2D eigenvalue weighted by molar-refractivity contribution is 6.06. The average Bonchev–Trinajstić information content (AvgIpc) is 3.19. The minimum atomic E-state index is -0.0346. The summed E-state index contributed by atoms with van der Waals surface area (Å²) in [7, 11) is 0. The van der Waals surface area contributed by atoms with E-state index in [1.807, 2.05) is 34.7 Å². The lowest BCUT2D eigenvalue weighted by molar-refractivity contribution is 0.0984. The van der Waals surface area contributed by atoms with E-state index in [1.165, 1.54) is 5.56 Å². The number of nitrogens with zero attached hydrogens (tertiary/aromatic N) is 4. The third-order valence-corrected chi connectivity index (χ3v) is 4.92. The van der Waals surface area contributed by atoms with Crippen molar-refractivity contribution < 1.29 is 4.79 Å². The van der Waals surface area contributed by atoms with Gasteiger partial charge in [-0.2, -0.15) is 0 Å². The van der Waals surface area contributed by atoms with Crippen molar-refractivity contribution in [1.29, 1.82) is 0 Å². The molecule has 1 fully saturated rings. The number of benzene rings is 1. The van der Waals surface area contributed by atoms with Gasteiger partial charge in [-0.05, 0) is 50.9 Å². The monoisotopic (exact) mass is 347 g/mol. The number of piperidine rings is 1. The second-order valence-corrected chi connectivity index (χ2v) is 6.28. The number of fused-ring (bicyclic) bond motifs is 1. The van der Waals surface area contributed by atoms with Gasteiger partial charge in [0, 0.05) is 12.2 Å². The normalized spacial score (nSPS) is 17.5. The first-order chi connectivity index (χ1) is 11.3. The highest BCUT2D eigenvalue weighted by Crippen LogP contribution is 2.29. The number of carbonyl (C=O) groups excluding carboxylic acids is 1. The van der Waals surface area contributed by atoms with E-state index >= 15 is 0 Å². The zero-order valence-electron chi connectivity index (χ0n) is 13.7. The molecule has 2 aliphatic rings. The van der Waals surface area contributed by atoms with Gasteiger partial charge in [-0.1, -0.05) is 23.4 Å². The van der Waals surface area contributed by atoms with Gasteiger partial charge < -0.3 is 10.2 Å². The lowest BCUT2D eigenvalue weighted by Crippen LogP contribution is -2.31. The Kier molecular flexibility index (Phi) is 4.87. The van der Waals surface area contributed by atoms with Gasteiger partial charge >= 0.3 is 0 Å². The number of halogens is 1. The second kappa shape index (κ2) is 6.91. The number of hydrogen-bond acceptors (Lipinski definition) is 4. The number of amides is 1. The van der Waals surface area contributed by atoms with E-state index in [1.54, 1.807) is 0 Å². The fraction of sp³-hybridized carbons (Fsp3) is 0.471. The largest absolute Gasteiger partial charge is 0.317 e. The Hall–Kier alpha value is -1.92. The maximum absolute atomic E-state index is 12.9. The van der Waals surface area contributed by atoms with Crippen LogP contribution in [0.3, 0.4) is 0 Å². The molecule has 3 heterocycles. The minimum Gasteiger partial charge on any atom is -0.317 e. The van der Waals surface area contributed by atoms with Crippen LogP contribution in [0.4, 0.5) is 5.69 Å². The van der Waals surface area contributed by atoms with Crippen molar-refractivity contribution in [2.75, 3.05) is 24.5 Å². The van der Waals surface area contributed by atoms with Crippen LogP contribution in [-0.4, -0.2) is 40.5 Å². The molecule has 0 unspecified atom stereocenters. The van der Waals surface area contributed by atoms with Gasteiger partial charge in [-0.15, -0.1) is 17.5 Å². The van der Waals surface area contributed by atoms with Crippen LogP contribution >= 0.6 is 12.4 Å². The molecular formula is C17H22ClN5O. The molecule has 4 rings (SSSR count). The summed E-state index contributed by atoms with van der Waals surface area (Å²) in [6.07, 6.45) is 2.97. The number of para-hydroxylation sites is 1. The van der Waals surface area contributed by atoms with Crippen molar-refractivity contribution in [1.82, 2.24) is 20.3 Å². The zero-order valence-corrected chi connectivity index (χ0v) is 14.6. The maximum atomic E-state index is 12.9. The first-order valence-electron chi connectivity index (χ1n) is 8.28. The first-order valence-corrected chi connectivity index (χ1v) is 8.28. The summed E-state index contributed by atoms with van der Waals surface area (Å²) in [5.41, 5.74) is 3.60. The molecule has 0 aliphatic carbocycles. The molecular weight excluding hydrogens is 326 g/mol. The summed E-state index contributed by atoms with van der Waals surface area (Å²) in [4.78, 5) is 14.8. The summed E-state index contributed by atoms with van der Waals surface area (Å²) >= 11 is 0. The molecule has 6 nitrogen and oxygen atoms in total. The van der Waals surface area contributed by atoms with Crippen LogP contribution < -0.4 is 10.2 Å². The quantitative estimate of drug-likeness (QED) is 0.904. The van der Waals surface area contributed by atoms with Crippen LogP contribution in [-0.2, 0) is 6.42 Å². The fourth-order valence-corrected chi connectivity index (χ4v) is 3.61. The Balaban J connectivity index is 0.00000169. The molecule has 1 saturated heterocycles. The lowest BCUT2D eigenvalue weighted by atomic mass is 10.1. The van der Waals surface area contributed by atoms with Crippen LogP contribution in [0.15, 0.2) is 24.3 Å². The Labute approximate surface area is 147 Å². The average molecular weight is 348 g/mol. The molecule has 1 aromatic heterocycles. The van der Waals surface area contributed by atoms with Crippen molar-refractivity contribution in [3.63, 3.8) is 0 Å². The third kappa shape index (κ3) is 2.80. The summed E-state index contributed by atoms with van der Waals surface area (Å²) in [5.74, 6) is -0.0346. The molecule has 128 valence electrons. The van der Waals surface area contributed by atoms with E-state index < -0.39 is 0 Å². The van der Waals surface area contributed by atoms with Gasteiger partial charge in [-0.25, -0.2) is 4.68 Å². The number of nitrogens with one attached hydrogen (secondary N) is 1. The van der Waals surface area contributed by atoms with Crippen LogP contribution in [0.2, 0.25) is 0 Å². The summed E-state index contributed by atoms with van der Waals surface area (Å²) in [5, 5.41) is 11.8. The van der Waals surface area contributed by atoms with E-state index in [4.69, 9.17) is 0 Å². The van der Waals surface area contributed by atoms with Gasteiger partial charge in [0.1, 0.15) is 0 Å². The molecule has 0 bridgehead atoms. The molecule has 0 atom stereocenters. The van der Waals surface area contributed by atoms with Gasteiger partial charge in [0.2, 0.25) is 0 Å². The second-order valence-electron chi connectivity index (χ2n) is 6.28. The van der Waals surface area contributed by atoms with Crippen molar-refractivity contribution >= 4 is 24.0 Å². The highest BCUT2D eigenvalue weighted by atomic mass is 35.5. The lowest BCUT2D eigenvalue weighted by Gasteiger charge is -2.23. The topological polar surface area (TPSA) is 63.1 Å². The number of aromatic nitrogens is 3. The summed E-state index contributed by atoms with van der Waals surface area (Å²) in [6, 6.07) is 8.43. The maximum Gasteiger partial charge on any atom is 0.280 e. The molecule has 7 heteroatoms. The van der Waals surface area contributed by atoms with Crippen molar-refractivity contribution in [3.05, 3.63) is 41.2 Å². The fourth-order valence-electron chi connectivity index (χ4n) is 3.61. The first kappa shape index (κ1) is 16.9. The van der Waals surface area contributed by atoms with Gasteiger partial charge in [0.05, 0.1) is 11.7 Å². The van der Waals surface area contributed by atoms with Crippen molar-refractivity contribution in [3.8, 4) is 0 Å². The van der Waals surface area contributed by atoms with E-state index in [-0.39, 0.29) is 18.3 Å². The number of carbonyl (C=O) groups is 1. The molecule has 1 N–H and O–H groups in total. The molecule has 1 amide bonds. The van der Waals surface area contributed by atoms with E-state index in [9.17, 15) is 4.79 Å². The summed E-state index contributed by atoms with van der Waals surface area (Å²) in [6.45, 7) is 4.66. The molecule has 0 spiro atoms. The van der Waals surface area contributed by atoms with E-state index in [2.05, 4.69) is 21.7 Å². The van der Waals surface area contributed by atoms with Crippen molar-refractivity contribution in [2.24, 2.45) is 0 Å². The van der Waals surface area contributed by atoms with Crippen LogP contribution in [0, 0.1) is 6.92 Å². The smallest absolute Gasteiger partial charge is 0.280 e. The predicted octanol–water partition coefficient (Wildman–Crippen LogP) is 2.14. The standard InChI is InChI=1S/C17H21N5O.ClH/c1-12-16(19-20-22(12)14-6-9-18-10-7-14)17(23)21-11-8-13-4-2-3-5-15(13)21;/h2-5,14,18H,6-11H2,1H3;1H. The molecule has 2 aromatic rings. The number of anilines is 1. The highest BCUT2D eigenvalue weighted by Gasteiger charge is 2.30. The van der Waals surface area contributed by atoms with Crippen LogP contribution in [0.1, 0.15) is 40.6 Å². The van der Waals surface area contributed by atoms with Crippen LogP contribution in [0.5, 0.6) is 0 Å². The van der Waals surface area contributed by atoms with Gasteiger partial charge in [0.25, 0.3) is 5.91 Å². The zero-order chi connectivity index (χ0) is 15.8. The molecule has 1 aromatic carbocycles. The number of hydrogen-bond donors (Lipinski definition) is 1. The summed E-state index contributed by atoms with van der Waals surface area (Å²) < 4.78 is 1.94.